The second kappa shape index (κ2) is 5.50. The van der Waals surface area contributed by atoms with Crippen molar-refractivity contribution in [3.63, 3.8) is 0 Å². The normalized spacial score (nSPS) is 10.5. The number of rotatable bonds is 3. The standard InChI is InChI=1S/C10H11BrN2O2/c1-2-15-9(14)4-3-7-5-13-6-8(11)10(7)12/h3-6H,2H2,1H3,(H2,12,13). The summed E-state index contributed by atoms with van der Waals surface area (Å²) >= 11 is 3.25. The smallest absolute Gasteiger partial charge is 0.330 e. The van der Waals surface area contributed by atoms with E-state index in [0.717, 1.165) is 0 Å². The molecule has 1 aromatic rings. The molecule has 80 valence electrons. The third-order valence-corrected chi connectivity index (χ3v) is 2.29. The molecule has 0 unspecified atom stereocenters. The van der Waals surface area contributed by atoms with E-state index in [0.29, 0.717) is 22.3 Å². The number of carbonyl (C=O) groups is 1. The highest BCUT2D eigenvalue weighted by Crippen LogP contribution is 2.22. The number of hydrogen-bond donors (Lipinski definition) is 1. The molecule has 0 spiro atoms. The zero-order valence-corrected chi connectivity index (χ0v) is 9.82. The van der Waals surface area contributed by atoms with Gasteiger partial charge in [0.15, 0.2) is 0 Å². The van der Waals surface area contributed by atoms with Gasteiger partial charge in [-0.25, -0.2) is 4.79 Å². The summed E-state index contributed by atoms with van der Waals surface area (Å²) in [6.45, 7) is 2.11. The van der Waals surface area contributed by atoms with Crippen LogP contribution < -0.4 is 5.73 Å². The van der Waals surface area contributed by atoms with Gasteiger partial charge in [-0.3, -0.25) is 4.98 Å². The quantitative estimate of drug-likeness (QED) is 0.674. The van der Waals surface area contributed by atoms with E-state index >= 15 is 0 Å². The van der Waals surface area contributed by atoms with Crippen LogP contribution in [0.2, 0.25) is 0 Å². The average molecular weight is 271 g/mol. The summed E-state index contributed by atoms with van der Waals surface area (Å²) in [5.41, 5.74) is 6.98. The molecule has 2 N–H and O–H groups in total. The Bertz CT molecular complexity index is 391. The predicted octanol–water partition coefficient (Wildman–Crippen LogP) is 2.00. The number of nitrogens with two attached hydrogens (primary N) is 1. The zero-order chi connectivity index (χ0) is 11.3. The Kier molecular flexibility index (Phi) is 4.30. The Hall–Kier alpha value is -1.36. The van der Waals surface area contributed by atoms with Crippen LogP contribution in [0.3, 0.4) is 0 Å². The first-order valence-electron chi connectivity index (χ1n) is 4.39. The van der Waals surface area contributed by atoms with E-state index in [9.17, 15) is 4.79 Å². The van der Waals surface area contributed by atoms with E-state index in [2.05, 4.69) is 20.9 Å². The fourth-order valence-corrected chi connectivity index (χ4v) is 1.29. The van der Waals surface area contributed by atoms with Crippen molar-refractivity contribution in [2.45, 2.75) is 6.92 Å². The van der Waals surface area contributed by atoms with Gasteiger partial charge in [0.1, 0.15) is 0 Å². The topological polar surface area (TPSA) is 65.2 Å². The number of aromatic nitrogens is 1. The van der Waals surface area contributed by atoms with Crippen LogP contribution in [-0.2, 0) is 9.53 Å². The molecule has 0 amide bonds. The van der Waals surface area contributed by atoms with E-state index in [1.54, 1.807) is 25.4 Å². The molecule has 0 aliphatic rings. The first-order valence-corrected chi connectivity index (χ1v) is 5.18. The summed E-state index contributed by atoms with van der Waals surface area (Å²) in [5, 5.41) is 0. The van der Waals surface area contributed by atoms with Crippen molar-refractivity contribution in [3.05, 3.63) is 28.5 Å². The molecule has 0 aliphatic heterocycles. The van der Waals surface area contributed by atoms with E-state index < -0.39 is 5.97 Å². The first kappa shape index (κ1) is 11.7. The van der Waals surface area contributed by atoms with E-state index in [1.165, 1.54) is 6.08 Å². The molecule has 0 saturated heterocycles. The summed E-state index contributed by atoms with van der Waals surface area (Å²) < 4.78 is 5.44. The minimum absolute atomic E-state index is 0.357. The number of esters is 1. The van der Waals surface area contributed by atoms with Gasteiger partial charge in [0.05, 0.1) is 16.8 Å². The third-order valence-electron chi connectivity index (χ3n) is 1.66. The number of hydrogen-bond acceptors (Lipinski definition) is 4. The maximum atomic E-state index is 11.0. The monoisotopic (exact) mass is 270 g/mol. The average Bonchev–Trinajstić information content (AvgIpc) is 2.21. The fourth-order valence-electron chi connectivity index (χ4n) is 0.941. The van der Waals surface area contributed by atoms with Gasteiger partial charge in [-0.2, -0.15) is 0 Å². The van der Waals surface area contributed by atoms with Crippen LogP contribution in [0.15, 0.2) is 22.9 Å². The SMILES string of the molecule is CCOC(=O)C=Cc1cncc(Br)c1N. The fraction of sp³-hybridized carbons (Fsp3) is 0.200. The second-order valence-corrected chi connectivity index (χ2v) is 3.56. The maximum Gasteiger partial charge on any atom is 0.330 e. The van der Waals surface area contributed by atoms with Crippen molar-refractivity contribution in [3.8, 4) is 0 Å². The van der Waals surface area contributed by atoms with Gasteiger partial charge in [-0.1, -0.05) is 0 Å². The van der Waals surface area contributed by atoms with Crippen LogP contribution in [0.25, 0.3) is 6.08 Å². The molecule has 0 aliphatic carbocycles. The Morgan fingerprint density at radius 3 is 3.07 bits per heavy atom. The van der Waals surface area contributed by atoms with E-state index in [4.69, 9.17) is 10.5 Å². The molecular weight excluding hydrogens is 260 g/mol. The number of carbonyl (C=O) groups excluding carboxylic acids is 1. The maximum absolute atomic E-state index is 11.0. The molecule has 4 nitrogen and oxygen atoms in total. The van der Waals surface area contributed by atoms with Crippen molar-refractivity contribution < 1.29 is 9.53 Å². The van der Waals surface area contributed by atoms with Gasteiger partial charge in [-0.05, 0) is 28.9 Å². The minimum atomic E-state index is -0.392. The van der Waals surface area contributed by atoms with Crippen LogP contribution in [-0.4, -0.2) is 17.6 Å². The minimum Gasteiger partial charge on any atom is -0.463 e. The molecule has 0 aromatic carbocycles. The lowest BCUT2D eigenvalue weighted by molar-refractivity contribution is -0.137. The number of nitrogens with zero attached hydrogens (tertiary/aromatic N) is 1. The van der Waals surface area contributed by atoms with Crippen LogP contribution in [0, 0.1) is 0 Å². The Morgan fingerprint density at radius 1 is 1.67 bits per heavy atom. The third kappa shape index (κ3) is 3.36. The van der Waals surface area contributed by atoms with Crippen LogP contribution in [0.1, 0.15) is 12.5 Å². The summed E-state index contributed by atoms with van der Waals surface area (Å²) in [5.74, 6) is -0.392. The van der Waals surface area contributed by atoms with Crippen molar-refractivity contribution in [1.29, 1.82) is 0 Å². The summed E-state index contributed by atoms with van der Waals surface area (Å²) in [4.78, 5) is 15.0. The number of nitrogen functional groups attached to an aromatic ring is 1. The largest absolute Gasteiger partial charge is 0.463 e. The van der Waals surface area contributed by atoms with Crippen LogP contribution in [0.4, 0.5) is 5.69 Å². The molecular formula is C10H11BrN2O2. The van der Waals surface area contributed by atoms with Crippen molar-refractivity contribution in [2.75, 3.05) is 12.3 Å². The number of anilines is 1. The highest BCUT2D eigenvalue weighted by molar-refractivity contribution is 9.10. The van der Waals surface area contributed by atoms with Gasteiger partial charge in [0.2, 0.25) is 0 Å². The number of halogens is 1. The molecule has 0 radical (unpaired) electrons. The van der Waals surface area contributed by atoms with Gasteiger partial charge in [0.25, 0.3) is 0 Å². The molecule has 0 bridgehead atoms. The van der Waals surface area contributed by atoms with Crippen molar-refractivity contribution in [2.24, 2.45) is 0 Å². The number of pyridine rings is 1. The first-order chi connectivity index (χ1) is 7.15. The molecule has 0 fully saturated rings. The van der Waals surface area contributed by atoms with Crippen LogP contribution >= 0.6 is 15.9 Å². The lowest BCUT2D eigenvalue weighted by Gasteiger charge is -2.01. The zero-order valence-electron chi connectivity index (χ0n) is 8.24. The summed E-state index contributed by atoms with van der Waals surface area (Å²) in [7, 11) is 0. The lowest BCUT2D eigenvalue weighted by atomic mass is 10.2. The van der Waals surface area contributed by atoms with Gasteiger partial charge in [0, 0.05) is 24.0 Å². The van der Waals surface area contributed by atoms with Crippen molar-refractivity contribution in [1.82, 2.24) is 4.98 Å². The number of ether oxygens (including phenoxy) is 1. The van der Waals surface area contributed by atoms with Crippen molar-refractivity contribution >= 4 is 33.7 Å². The molecule has 1 rings (SSSR count). The Labute approximate surface area is 96.3 Å². The van der Waals surface area contributed by atoms with E-state index in [1.807, 2.05) is 0 Å². The summed E-state index contributed by atoms with van der Waals surface area (Å²) in [6.07, 6.45) is 6.07. The van der Waals surface area contributed by atoms with Gasteiger partial charge >= 0.3 is 5.97 Å². The van der Waals surface area contributed by atoms with Crippen LogP contribution in [0.5, 0.6) is 0 Å². The lowest BCUT2D eigenvalue weighted by Crippen LogP contribution is -1.99. The molecule has 15 heavy (non-hydrogen) atoms. The molecule has 1 heterocycles. The molecule has 1 aromatic heterocycles. The van der Waals surface area contributed by atoms with Gasteiger partial charge in [-0.15, -0.1) is 0 Å². The highest BCUT2D eigenvalue weighted by Gasteiger charge is 2.01. The Morgan fingerprint density at radius 2 is 2.40 bits per heavy atom. The van der Waals surface area contributed by atoms with Gasteiger partial charge < -0.3 is 10.5 Å². The molecule has 0 saturated carbocycles. The highest BCUT2D eigenvalue weighted by atomic mass is 79.9. The second-order valence-electron chi connectivity index (χ2n) is 2.71. The molecule has 5 heteroatoms. The molecule has 0 atom stereocenters. The predicted molar refractivity (Wildman–Crippen MR) is 62.0 cm³/mol. The Balaban J connectivity index is 2.81. The van der Waals surface area contributed by atoms with E-state index in [-0.39, 0.29) is 0 Å². The summed E-state index contributed by atoms with van der Waals surface area (Å²) in [6, 6.07) is 0.